The second-order valence-electron chi connectivity index (χ2n) is 4.35. The van der Waals surface area contributed by atoms with Crippen LogP contribution in [0.15, 0.2) is 38.0 Å². The van der Waals surface area contributed by atoms with Crippen LogP contribution >= 0.6 is 0 Å². The van der Waals surface area contributed by atoms with Gasteiger partial charge in [0.2, 0.25) is 5.91 Å². The maximum Gasteiger partial charge on any atom is 0.247 e. The highest BCUT2D eigenvalue weighted by Crippen LogP contribution is 2.11. The van der Waals surface area contributed by atoms with E-state index in [1.807, 2.05) is 26.0 Å². The summed E-state index contributed by atoms with van der Waals surface area (Å²) in [7, 11) is 0. The minimum atomic E-state index is -0.0956. The van der Waals surface area contributed by atoms with Crippen molar-refractivity contribution in [2.45, 2.75) is 32.7 Å². The number of carbonyl (C=O) groups excluding carboxylic acids is 1. The molecule has 2 nitrogen and oxygen atoms in total. The molecular weight excluding hydrogens is 222 g/mol. The molecule has 0 aromatic carbocycles. The first-order chi connectivity index (χ1) is 8.56. The van der Waals surface area contributed by atoms with E-state index in [9.17, 15) is 4.79 Å². The second-order valence-corrected chi connectivity index (χ2v) is 4.35. The normalized spacial score (nSPS) is 9.56. The zero-order valence-corrected chi connectivity index (χ0v) is 11.5. The topological polar surface area (TPSA) is 20.3 Å². The van der Waals surface area contributed by atoms with E-state index >= 15 is 0 Å². The van der Waals surface area contributed by atoms with Crippen LogP contribution in [0.5, 0.6) is 0 Å². The van der Waals surface area contributed by atoms with E-state index < -0.39 is 0 Å². The molecule has 0 saturated carbocycles. The zero-order chi connectivity index (χ0) is 14.0. The Labute approximate surface area is 111 Å². The molecule has 0 aromatic rings. The highest BCUT2D eigenvalue weighted by atomic mass is 16.2. The van der Waals surface area contributed by atoms with Crippen molar-refractivity contribution in [1.82, 2.24) is 4.90 Å². The number of carbonyl (C=O) groups is 1. The lowest BCUT2D eigenvalue weighted by molar-refractivity contribution is -0.127. The van der Waals surface area contributed by atoms with Gasteiger partial charge in [-0.25, -0.2) is 0 Å². The first-order valence-electron chi connectivity index (χ1n) is 6.20. The van der Waals surface area contributed by atoms with E-state index in [4.69, 9.17) is 0 Å². The Balaban J connectivity index is 4.89. The van der Waals surface area contributed by atoms with Gasteiger partial charge in [0.1, 0.15) is 0 Å². The zero-order valence-electron chi connectivity index (χ0n) is 11.5. The standard InChI is InChI=1S/C16H23NO/c1-6-10-15(11-7-2)17(16(18)8-3)13-9-12-14(4)5/h6-8,14-15H,1-3,10-11,13H2,4-5H3. The van der Waals surface area contributed by atoms with Crippen LogP contribution < -0.4 is 0 Å². The van der Waals surface area contributed by atoms with Gasteiger partial charge in [-0.15, -0.1) is 13.2 Å². The maximum absolute atomic E-state index is 11.9. The molecule has 0 rings (SSSR count). The third kappa shape index (κ3) is 6.10. The summed E-state index contributed by atoms with van der Waals surface area (Å²) in [6.45, 7) is 15.5. The van der Waals surface area contributed by atoms with E-state index in [-0.39, 0.29) is 11.9 Å². The van der Waals surface area contributed by atoms with Crippen LogP contribution in [0.2, 0.25) is 0 Å². The van der Waals surface area contributed by atoms with E-state index in [0.29, 0.717) is 12.5 Å². The third-order valence-corrected chi connectivity index (χ3v) is 2.42. The quantitative estimate of drug-likeness (QED) is 0.383. The number of amides is 1. The monoisotopic (exact) mass is 245 g/mol. The van der Waals surface area contributed by atoms with Crippen LogP contribution in [-0.2, 0) is 4.79 Å². The van der Waals surface area contributed by atoms with Crippen molar-refractivity contribution in [3.05, 3.63) is 38.0 Å². The van der Waals surface area contributed by atoms with Gasteiger partial charge >= 0.3 is 0 Å². The van der Waals surface area contributed by atoms with Crippen molar-refractivity contribution >= 4 is 5.91 Å². The SMILES string of the molecule is C=CCC(CC=C)N(CC#CC(C)C)C(=O)C=C. The van der Waals surface area contributed by atoms with Crippen LogP contribution in [-0.4, -0.2) is 23.4 Å². The minimum Gasteiger partial charge on any atom is -0.324 e. The Morgan fingerprint density at radius 1 is 1.22 bits per heavy atom. The highest BCUT2D eigenvalue weighted by Gasteiger charge is 2.18. The highest BCUT2D eigenvalue weighted by molar-refractivity contribution is 5.87. The number of hydrogen-bond donors (Lipinski definition) is 0. The molecule has 1 amide bonds. The summed E-state index contributed by atoms with van der Waals surface area (Å²) in [5, 5.41) is 0. The molecule has 0 aromatic heterocycles. The lowest BCUT2D eigenvalue weighted by atomic mass is 10.1. The van der Waals surface area contributed by atoms with Gasteiger partial charge in [-0.3, -0.25) is 4.79 Å². The van der Waals surface area contributed by atoms with Gasteiger partial charge in [-0.05, 0) is 18.9 Å². The summed E-state index contributed by atoms with van der Waals surface area (Å²) in [4.78, 5) is 13.6. The Hall–Kier alpha value is -1.75. The van der Waals surface area contributed by atoms with Crippen LogP contribution in [0.4, 0.5) is 0 Å². The van der Waals surface area contributed by atoms with E-state index in [1.54, 1.807) is 4.90 Å². The summed E-state index contributed by atoms with van der Waals surface area (Å²) in [5.74, 6) is 6.31. The van der Waals surface area contributed by atoms with Crippen molar-refractivity contribution in [3.63, 3.8) is 0 Å². The molecule has 0 aliphatic carbocycles. The first-order valence-corrected chi connectivity index (χ1v) is 6.20. The second kappa shape index (κ2) is 9.30. The average molecular weight is 245 g/mol. The molecule has 0 aliphatic heterocycles. The average Bonchev–Trinajstić information content (AvgIpc) is 2.33. The summed E-state index contributed by atoms with van der Waals surface area (Å²) in [6.07, 6.45) is 6.42. The number of rotatable bonds is 7. The molecule has 18 heavy (non-hydrogen) atoms. The van der Waals surface area contributed by atoms with Gasteiger partial charge in [-0.1, -0.05) is 44.4 Å². The molecule has 0 fully saturated rings. The van der Waals surface area contributed by atoms with Gasteiger partial charge in [0.15, 0.2) is 0 Å². The lowest BCUT2D eigenvalue weighted by Crippen LogP contribution is -2.39. The number of nitrogens with zero attached hydrogens (tertiary/aromatic N) is 1. The molecule has 0 heterocycles. The third-order valence-electron chi connectivity index (χ3n) is 2.42. The summed E-state index contributed by atoms with van der Waals surface area (Å²) in [5.41, 5.74) is 0. The van der Waals surface area contributed by atoms with Crippen molar-refractivity contribution < 1.29 is 4.79 Å². The fourth-order valence-electron chi connectivity index (χ4n) is 1.57. The van der Waals surface area contributed by atoms with Crippen LogP contribution in [0.3, 0.4) is 0 Å². The van der Waals surface area contributed by atoms with E-state index in [0.717, 1.165) is 12.8 Å². The Kier molecular flexibility index (Phi) is 8.39. The maximum atomic E-state index is 11.9. The molecule has 2 heteroatoms. The van der Waals surface area contributed by atoms with E-state index in [2.05, 4.69) is 31.6 Å². The van der Waals surface area contributed by atoms with Gasteiger partial charge in [-0.2, -0.15) is 0 Å². The molecule has 0 N–H and O–H groups in total. The Bertz CT molecular complexity index is 347. The van der Waals surface area contributed by atoms with Gasteiger partial charge in [0, 0.05) is 12.0 Å². The first kappa shape index (κ1) is 16.2. The van der Waals surface area contributed by atoms with Crippen LogP contribution in [0, 0.1) is 17.8 Å². The molecule has 98 valence electrons. The van der Waals surface area contributed by atoms with Crippen molar-refractivity contribution in [3.8, 4) is 11.8 Å². The van der Waals surface area contributed by atoms with Gasteiger partial charge < -0.3 is 4.90 Å². The smallest absolute Gasteiger partial charge is 0.247 e. The fraction of sp³-hybridized carbons (Fsp3) is 0.438. The van der Waals surface area contributed by atoms with Crippen molar-refractivity contribution in [2.24, 2.45) is 5.92 Å². The Morgan fingerprint density at radius 3 is 2.17 bits per heavy atom. The molecule has 0 aliphatic rings. The van der Waals surface area contributed by atoms with Crippen LogP contribution in [0.25, 0.3) is 0 Å². The molecule has 0 spiro atoms. The predicted octanol–water partition coefficient (Wildman–Crippen LogP) is 3.18. The predicted molar refractivity (Wildman–Crippen MR) is 77.9 cm³/mol. The Morgan fingerprint density at radius 2 is 1.78 bits per heavy atom. The van der Waals surface area contributed by atoms with Crippen LogP contribution in [0.1, 0.15) is 26.7 Å². The fourth-order valence-corrected chi connectivity index (χ4v) is 1.57. The van der Waals surface area contributed by atoms with E-state index in [1.165, 1.54) is 6.08 Å². The molecular formula is C16H23NO. The lowest BCUT2D eigenvalue weighted by Gasteiger charge is -2.28. The molecule has 0 unspecified atom stereocenters. The number of hydrogen-bond acceptors (Lipinski definition) is 1. The molecule has 0 radical (unpaired) electrons. The molecule has 0 saturated heterocycles. The van der Waals surface area contributed by atoms with Crippen molar-refractivity contribution in [2.75, 3.05) is 6.54 Å². The largest absolute Gasteiger partial charge is 0.324 e. The summed E-state index contributed by atoms with van der Waals surface area (Å²) >= 11 is 0. The summed E-state index contributed by atoms with van der Waals surface area (Å²) in [6, 6.07) is 0.0620. The van der Waals surface area contributed by atoms with Gasteiger partial charge in [0.25, 0.3) is 0 Å². The van der Waals surface area contributed by atoms with Gasteiger partial charge in [0.05, 0.1) is 6.54 Å². The van der Waals surface area contributed by atoms with Crippen molar-refractivity contribution in [1.29, 1.82) is 0 Å². The molecule has 0 atom stereocenters. The molecule has 0 bridgehead atoms. The minimum absolute atomic E-state index is 0.0620. The summed E-state index contributed by atoms with van der Waals surface area (Å²) < 4.78 is 0.